The van der Waals surface area contributed by atoms with Crippen molar-refractivity contribution in [1.29, 1.82) is 5.26 Å². The van der Waals surface area contributed by atoms with Gasteiger partial charge in [0.25, 0.3) is 0 Å². The first kappa shape index (κ1) is 6.53. The predicted octanol–water partition coefficient (Wildman–Crippen LogP) is 0.0515. The Balaban J connectivity index is 2.49. The molecule has 0 spiro atoms. The molecule has 0 amide bonds. The van der Waals surface area contributed by atoms with Crippen LogP contribution in [-0.2, 0) is 4.74 Å². The zero-order valence-corrected chi connectivity index (χ0v) is 5.13. The molecule has 1 atom stereocenters. The second-order valence-corrected chi connectivity index (χ2v) is 2.30. The summed E-state index contributed by atoms with van der Waals surface area (Å²) in [4.78, 5) is 0. The van der Waals surface area contributed by atoms with Gasteiger partial charge in [-0.1, -0.05) is 0 Å². The highest BCUT2D eigenvalue weighted by Crippen LogP contribution is 2.16. The molecule has 0 aromatic carbocycles. The van der Waals surface area contributed by atoms with Gasteiger partial charge in [0.05, 0.1) is 12.7 Å². The number of hydrogen-bond donors (Lipinski definition) is 1. The minimum absolute atomic E-state index is 0.170. The van der Waals surface area contributed by atoms with E-state index in [9.17, 15) is 5.11 Å². The van der Waals surface area contributed by atoms with E-state index in [4.69, 9.17) is 10.00 Å². The Morgan fingerprint density at radius 2 is 2.44 bits per heavy atom. The summed E-state index contributed by atoms with van der Waals surface area (Å²) < 4.78 is 4.90. The van der Waals surface area contributed by atoms with Crippen molar-refractivity contribution < 1.29 is 9.84 Å². The van der Waals surface area contributed by atoms with Crippen LogP contribution < -0.4 is 0 Å². The Hall–Kier alpha value is -0.590. The van der Waals surface area contributed by atoms with Crippen LogP contribution in [0.3, 0.4) is 0 Å². The zero-order chi connectivity index (χ0) is 6.74. The van der Waals surface area contributed by atoms with Crippen molar-refractivity contribution in [3.8, 4) is 6.07 Å². The Morgan fingerprint density at radius 1 is 1.67 bits per heavy atom. The van der Waals surface area contributed by atoms with Gasteiger partial charge in [0.2, 0.25) is 0 Å². The minimum Gasteiger partial charge on any atom is -0.377 e. The molecule has 9 heavy (non-hydrogen) atoms. The van der Waals surface area contributed by atoms with Crippen LogP contribution >= 0.6 is 0 Å². The van der Waals surface area contributed by atoms with Crippen molar-refractivity contribution in [2.75, 3.05) is 13.2 Å². The van der Waals surface area contributed by atoms with Crippen LogP contribution in [0.1, 0.15) is 12.8 Å². The van der Waals surface area contributed by atoms with Crippen molar-refractivity contribution in [3.05, 3.63) is 0 Å². The molecule has 50 valence electrons. The number of nitrogens with zero attached hydrogens (tertiary/aromatic N) is 1. The molecule has 1 aliphatic heterocycles. The number of nitriles is 1. The second-order valence-electron chi connectivity index (χ2n) is 2.30. The predicted molar refractivity (Wildman–Crippen MR) is 30.6 cm³/mol. The van der Waals surface area contributed by atoms with Crippen molar-refractivity contribution in [3.63, 3.8) is 0 Å². The molecule has 0 aromatic heterocycles. The first-order valence-electron chi connectivity index (χ1n) is 2.98. The van der Waals surface area contributed by atoms with E-state index in [1.165, 1.54) is 0 Å². The molecule has 0 saturated carbocycles. The number of hydrogen-bond acceptors (Lipinski definition) is 3. The molecule has 1 heterocycles. The van der Waals surface area contributed by atoms with E-state index in [1.54, 1.807) is 0 Å². The number of ether oxygens (including phenoxy) is 1. The van der Waals surface area contributed by atoms with E-state index >= 15 is 0 Å². The summed E-state index contributed by atoms with van der Waals surface area (Å²) in [7, 11) is 0. The third-order valence-electron chi connectivity index (χ3n) is 1.43. The summed E-state index contributed by atoms with van der Waals surface area (Å²) in [5.41, 5.74) is -1.20. The average molecular weight is 127 g/mol. The van der Waals surface area contributed by atoms with Crippen LogP contribution in [-0.4, -0.2) is 23.9 Å². The van der Waals surface area contributed by atoms with Crippen LogP contribution in [0.5, 0.6) is 0 Å². The first-order valence-corrected chi connectivity index (χ1v) is 2.98. The molecule has 1 rings (SSSR count). The SMILES string of the molecule is N#C[C@@]1(O)CCCOC1. The van der Waals surface area contributed by atoms with Crippen LogP contribution in [0, 0.1) is 11.3 Å². The van der Waals surface area contributed by atoms with E-state index < -0.39 is 5.60 Å². The van der Waals surface area contributed by atoms with Crippen LogP contribution in [0.2, 0.25) is 0 Å². The third kappa shape index (κ3) is 1.41. The maximum absolute atomic E-state index is 9.19. The molecular formula is C6H9NO2. The third-order valence-corrected chi connectivity index (χ3v) is 1.43. The second kappa shape index (κ2) is 2.34. The van der Waals surface area contributed by atoms with Crippen molar-refractivity contribution in [1.82, 2.24) is 0 Å². The van der Waals surface area contributed by atoms with Crippen LogP contribution in [0.25, 0.3) is 0 Å². The normalized spacial score (nSPS) is 35.6. The Bertz CT molecular complexity index is 132. The van der Waals surface area contributed by atoms with Crippen molar-refractivity contribution >= 4 is 0 Å². The summed E-state index contributed by atoms with van der Waals surface area (Å²) in [6, 6.07) is 1.81. The number of aliphatic hydroxyl groups is 1. The fraction of sp³-hybridized carbons (Fsp3) is 0.833. The topological polar surface area (TPSA) is 53.2 Å². The first-order chi connectivity index (χ1) is 4.27. The minimum atomic E-state index is -1.20. The van der Waals surface area contributed by atoms with Gasteiger partial charge >= 0.3 is 0 Å². The lowest BCUT2D eigenvalue weighted by Gasteiger charge is -2.24. The van der Waals surface area contributed by atoms with Gasteiger partial charge in [-0.05, 0) is 12.8 Å². The largest absolute Gasteiger partial charge is 0.377 e. The van der Waals surface area contributed by atoms with E-state index in [-0.39, 0.29) is 6.61 Å². The van der Waals surface area contributed by atoms with Gasteiger partial charge in [0.1, 0.15) is 0 Å². The smallest absolute Gasteiger partial charge is 0.174 e. The summed E-state index contributed by atoms with van der Waals surface area (Å²) in [5, 5.41) is 17.6. The highest BCUT2D eigenvalue weighted by Gasteiger charge is 2.29. The van der Waals surface area contributed by atoms with E-state index in [1.807, 2.05) is 6.07 Å². The fourth-order valence-electron chi connectivity index (χ4n) is 0.868. The standard InChI is InChI=1S/C6H9NO2/c7-4-6(8)2-1-3-9-5-6/h8H,1-3,5H2/t6-/m0/s1. The molecule has 1 N–H and O–H groups in total. The molecule has 3 nitrogen and oxygen atoms in total. The van der Waals surface area contributed by atoms with E-state index in [0.717, 1.165) is 6.42 Å². The fourth-order valence-corrected chi connectivity index (χ4v) is 0.868. The average Bonchev–Trinajstić information content (AvgIpc) is 1.90. The lowest BCUT2D eigenvalue weighted by atomic mass is 9.99. The number of rotatable bonds is 0. The molecule has 1 saturated heterocycles. The highest BCUT2D eigenvalue weighted by atomic mass is 16.5. The molecule has 0 radical (unpaired) electrons. The molecule has 0 aliphatic carbocycles. The van der Waals surface area contributed by atoms with Gasteiger partial charge in [-0.15, -0.1) is 0 Å². The maximum atomic E-state index is 9.19. The lowest BCUT2D eigenvalue weighted by molar-refractivity contribution is -0.0492. The van der Waals surface area contributed by atoms with Gasteiger partial charge < -0.3 is 9.84 Å². The van der Waals surface area contributed by atoms with Gasteiger partial charge in [0, 0.05) is 6.61 Å². The van der Waals surface area contributed by atoms with Gasteiger partial charge in [-0.2, -0.15) is 5.26 Å². The monoisotopic (exact) mass is 127 g/mol. The lowest BCUT2D eigenvalue weighted by Crippen LogP contribution is -2.36. The molecule has 3 heteroatoms. The zero-order valence-electron chi connectivity index (χ0n) is 5.13. The summed E-state index contributed by atoms with van der Waals surface area (Å²) >= 11 is 0. The summed E-state index contributed by atoms with van der Waals surface area (Å²) in [5.74, 6) is 0. The van der Waals surface area contributed by atoms with Crippen molar-refractivity contribution in [2.45, 2.75) is 18.4 Å². The summed E-state index contributed by atoms with van der Waals surface area (Å²) in [6.45, 7) is 0.841. The quantitative estimate of drug-likeness (QED) is 0.468. The van der Waals surface area contributed by atoms with Crippen molar-refractivity contribution in [2.24, 2.45) is 0 Å². The molecule has 0 bridgehead atoms. The van der Waals surface area contributed by atoms with E-state index in [2.05, 4.69) is 0 Å². The Morgan fingerprint density at radius 3 is 2.78 bits per heavy atom. The maximum Gasteiger partial charge on any atom is 0.174 e. The van der Waals surface area contributed by atoms with Gasteiger partial charge in [-0.3, -0.25) is 0 Å². The molecule has 0 aromatic rings. The molecule has 1 aliphatic rings. The molecule has 1 fully saturated rings. The van der Waals surface area contributed by atoms with Gasteiger partial charge in [0.15, 0.2) is 5.60 Å². The molecular weight excluding hydrogens is 118 g/mol. The van der Waals surface area contributed by atoms with Crippen LogP contribution in [0.15, 0.2) is 0 Å². The Labute approximate surface area is 53.9 Å². The molecule has 0 unspecified atom stereocenters. The van der Waals surface area contributed by atoms with E-state index in [0.29, 0.717) is 13.0 Å². The van der Waals surface area contributed by atoms with Crippen LogP contribution in [0.4, 0.5) is 0 Å². The van der Waals surface area contributed by atoms with Gasteiger partial charge in [-0.25, -0.2) is 0 Å². The highest BCUT2D eigenvalue weighted by molar-refractivity contribution is 5.01. The summed E-state index contributed by atoms with van der Waals surface area (Å²) in [6.07, 6.45) is 1.33. The Kier molecular flexibility index (Phi) is 1.70.